The molecule has 1 unspecified atom stereocenters. The summed E-state index contributed by atoms with van der Waals surface area (Å²) in [5.74, 6) is 0.967. The number of aldehydes is 1. The molecule has 0 spiro atoms. The number of carbonyl (C=O) groups is 1. The van der Waals surface area contributed by atoms with E-state index >= 15 is 0 Å². The van der Waals surface area contributed by atoms with Gasteiger partial charge in [0.2, 0.25) is 0 Å². The van der Waals surface area contributed by atoms with Crippen molar-refractivity contribution in [3.05, 3.63) is 63.1 Å². The number of nitrogens with zero attached hydrogens (tertiary/aromatic N) is 2. The maximum atomic E-state index is 11.8. The molecule has 1 aromatic heterocycles. The lowest BCUT2D eigenvalue weighted by Crippen LogP contribution is -2.36. The standard InChI is InChI=1S/C19H15Cl2N3O2S/c20-15-8-12(22)9-16(21)18(15)26-13-1-2-14-11(7-13)3-5-24(17(14)10-25)19-23-4-6-27-19/h1-2,4,6-10,17H,3,5,22H2. The van der Waals surface area contributed by atoms with Crippen LogP contribution in [0.2, 0.25) is 10.0 Å². The lowest BCUT2D eigenvalue weighted by Gasteiger charge is -2.34. The van der Waals surface area contributed by atoms with Gasteiger partial charge in [0.1, 0.15) is 18.1 Å². The van der Waals surface area contributed by atoms with E-state index in [4.69, 9.17) is 33.7 Å². The molecule has 0 saturated heterocycles. The summed E-state index contributed by atoms with van der Waals surface area (Å²) in [6.07, 6.45) is 3.47. The minimum atomic E-state index is -0.363. The van der Waals surface area contributed by atoms with E-state index in [0.717, 1.165) is 29.0 Å². The first-order valence-electron chi connectivity index (χ1n) is 8.23. The molecule has 0 amide bonds. The SMILES string of the molecule is Nc1cc(Cl)c(Oc2ccc3c(c2)CCN(c2nccs2)C3C=O)c(Cl)c1. The predicted molar refractivity (Wildman–Crippen MR) is 109 cm³/mol. The summed E-state index contributed by atoms with van der Waals surface area (Å²) < 4.78 is 5.90. The van der Waals surface area contributed by atoms with Gasteiger partial charge in [-0.3, -0.25) is 0 Å². The molecule has 1 atom stereocenters. The maximum Gasteiger partial charge on any atom is 0.186 e. The van der Waals surface area contributed by atoms with Crippen molar-refractivity contribution >= 4 is 51.6 Å². The minimum Gasteiger partial charge on any atom is -0.454 e. The number of anilines is 2. The zero-order valence-corrected chi connectivity index (χ0v) is 16.4. The second-order valence-corrected chi connectivity index (χ2v) is 7.80. The second-order valence-electron chi connectivity index (χ2n) is 6.12. The van der Waals surface area contributed by atoms with Crippen molar-refractivity contribution in [2.75, 3.05) is 17.2 Å². The summed E-state index contributed by atoms with van der Waals surface area (Å²) in [4.78, 5) is 18.1. The van der Waals surface area contributed by atoms with Crippen molar-refractivity contribution in [3.8, 4) is 11.5 Å². The average molecular weight is 420 g/mol. The minimum absolute atomic E-state index is 0.346. The van der Waals surface area contributed by atoms with E-state index in [0.29, 0.717) is 33.8 Å². The third-order valence-electron chi connectivity index (χ3n) is 4.43. The molecule has 1 aliphatic rings. The number of halogens is 2. The maximum absolute atomic E-state index is 11.8. The first-order valence-corrected chi connectivity index (χ1v) is 9.87. The topological polar surface area (TPSA) is 68.5 Å². The second kappa shape index (κ2) is 7.38. The molecule has 0 bridgehead atoms. The van der Waals surface area contributed by atoms with Crippen LogP contribution in [0.4, 0.5) is 10.8 Å². The zero-order chi connectivity index (χ0) is 19.0. The van der Waals surface area contributed by atoms with Gasteiger partial charge in [0.15, 0.2) is 10.9 Å². The van der Waals surface area contributed by atoms with Gasteiger partial charge in [-0.25, -0.2) is 4.98 Å². The average Bonchev–Trinajstić information content (AvgIpc) is 3.18. The molecule has 0 saturated carbocycles. The van der Waals surface area contributed by atoms with Gasteiger partial charge in [-0.15, -0.1) is 11.3 Å². The Morgan fingerprint density at radius 1 is 1.26 bits per heavy atom. The zero-order valence-electron chi connectivity index (χ0n) is 14.1. The molecular formula is C19H15Cl2N3O2S. The summed E-state index contributed by atoms with van der Waals surface area (Å²) in [5, 5.41) is 3.44. The third kappa shape index (κ3) is 3.48. The molecule has 1 aliphatic heterocycles. The fourth-order valence-corrected chi connectivity index (χ4v) is 4.50. The molecule has 2 heterocycles. The number of thiazole rings is 1. The van der Waals surface area contributed by atoms with Crippen LogP contribution >= 0.6 is 34.5 Å². The van der Waals surface area contributed by atoms with E-state index in [2.05, 4.69) is 4.98 Å². The highest BCUT2D eigenvalue weighted by Crippen LogP contribution is 2.40. The Morgan fingerprint density at radius 2 is 2.04 bits per heavy atom. The van der Waals surface area contributed by atoms with Crippen LogP contribution in [0.5, 0.6) is 11.5 Å². The predicted octanol–water partition coefficient (Wildman–Crippen LogP) is 5.13. The number of nitrogens with two attached hydrogens (primary N) is 1. The van der Waals surface area contributed by atoms with Gasteiger partial charge in [-0.1, -0.05) is 29.3 Å². The first-order chi connectivity index (χ1) is 13.1. The fourth-order valence-electron chi connectivity index (χ4n) is 3.21. The van der Waals surface area contributed by atoms with Crippen LogP contribution in [-0.2, 0) is 11.2 Å². The van der Waals surface area contributed by atoms with E-state index in [-0.39, 0.29) is 6.04 Å². The van der Waals surface area contributed by atoms with Gasteiger partial charge >= 0.3 is 0 Å². The summed E-state index contributed by atoms with van der Waals surface area (Å²) >= 11 is 13.9. The van der Waals surface area contributed by atoms with Crippen LogP contribution in [-0.4, -0.2) is 17.8 Å². The van der Waals surface area contributed by atoms with E-state index in [9.17, 15) is 4.79 Å². The highest BCUT2D eigenvalue weighted by atomic mass is 35.5. The lowest BCUT2D eigenvalue weighted by molar-refractivity contribution is -0.109. The number of aromatic nitrogens is 1. The molecule has 0 radical (unpaired) electrons. The number of rotatable bonds is 4. The Labute approximate surface area is 170 Å². The number of hydrogen-bond acceptors (Lipinski definition) is 6. The van der Waals surface area contributed by atoms with E-state index in [1.165, 1.54) is 11.3 Å². The van der Waals surface area contributed by atoms with Crippen LogP contribution in [0.15, 0.2) is 41.9 Å². The summed E-state index contributed by atoms with van der Waals surface area (Å²) in [5.41, 5.74) is 8.21. The Kier molecular flexibility index (Phi) is 4.95. The van der Waals surface area contributed by atoms with Crippen molar-refractivity contribution in [2.45, 2.75) is 12.5 Å². The van der Waals surface area contributed by atoms with Gasteiger partial charge in [-0.05, 0) is 41.8 Å². The summed E-state index contributed by atoms with van der Waals surface area (Å²) in [6.45, 7) is 0.705. The largest absolute Gasteiger partial charge is 0.454 e. The number of nitrogen functional groups attached to an aromatic ring is 1. The van der Waals surface area contributed by atoms with Crippen molar-refractivity contribution in [3.63, 3.8) is 0 Å². The molecule has 27 heavy (non-hydrogen) atoms. The highest BCUT2D eigenvalue weighted by molar-refractivity contribution is 7.13. The normalized spacial score (nSPS) is 16.1. The molecule has 0 fully saturated rings. The number of fused-ring (bicyclic) bond motifs is 1. The van der Waals surface area contributed by atoms with Crippen molar-refractivity contribution in [2.24, 2.45) is 0 Å². The van der Waals surface area contributed by atoms with Gasteiger partial charge in [0, 0.05) is 23.8 Å². The van der Waals surface area contributed by atoms with Crippen molar-refractivity contribution in [1.29, 1.82) is 0 Å². The van der Waals surface area contributed by atoms with Crippen LogP contribution in [0.25, 0.3) is 0 Å². The van der Waals surface area contributed by atoms with Crippen LogP contribution in [0, 0.1) is 0 Å². The molecule has 2 N–H and O–H groups in total. The molecule has 3 aromatic rings. The van der Waals surface area contributed by atoms with Crippen LogP contribution < -0.4 is 15.4 Å². The Morgan fingerprint density at radius 3 is 2.70 bits per heavy atom. The quantitative estimate of drug-likeness (QED) is 0.468. The third-order valence-corrected chi connectivity index (χ3v) is 5.80. The Hall–Kier alpha value is -2.28. The smallest absolute Gasteiger partial charge is 0.186 e. The summed E-state index contributed by atoms with van der Waals surface area (Å²) in [6, 6.07) is 8.46. The van der Waals surface area contributed by atoms with Gasteiger partial charge in [-0.2, -0.15) is 0 Å². The number of ether oxygens (including phenoxy) is 1. The monoisotopic (exact) mass is 419 g/mol. The molecule has 4 rings (SSSR count). The van der Waals surface area contributed by atoms with Gasteiger partial charge in [0.25, 0.3) is 0 Å². The number of benzene rings is 2. The first kappa shape index (κ1) is 18.1. The van der Waals surface area contributed by atoms with E-state index in [1.807, 2.05) is 28.5 Å². The van der Waals surface area contributed by atoms with Gasteiger partial charge < -0.3 is 20.2 Å². The highest BCUT2D eigenvalue weighted by Gasteiger charge is 2.29. The molecule has 2 aromatic carbocycles. The fraction of sp³-hybridized carbons (Fsp3) is 0.158. The lowest BCUT2D eigenvalue weighted by atomic mass is 9.93. The summed E-state index contributed by atoms with van der Waals surface area (Å²) in [7, 11) is 0. The van der Waals surface area contributed by atoms with Crippen molar-refractivity contribution < 1.29 is 9.53 Å². The van der Waals surface area contributed by atoms with Gasteiger partial charge in [0.05, 0.1) is 10.0 Å². The molecule has 5 nitrogen and oxygen atoms in total. The molecule has 0 aliphatic carbocycles. The van der Waals surface area contributed by atoms with Crippen LogP contribution in [0.3, 0.4) is 0 Å². The Bertz CT molecular complexity index is 972. The van der Waals surface area contributed by atoms with Crippen molar-refractivity contribution in [1.82, 2.24) is 4.98 Å². The molecule has 138 valence electrons. The molecular weight excluding hydrogens is 405 g/mol. The Balaban J connectivity index is 1.64. The number of hydrogen-bond donors (Lipinski definition) is 1. The van der Waals surface area contributed by atoms with Crippen LogP contribution in [0.1, 0.15) is 17.2 Å². The van der Waals surface area contributed by atoms with E-state index in [1.54, 1.807) is 18.3 Å². The number of carbonyl (C=O) groups excluding carboxylic acids is 1. The molecule has 8 heteroatoms. The van der Waals surface area contributed by atoms with E-state index < -0.39 is 0 Å².